The van der Waals surface area contributed by atoms with Crippen molar-refractivity contribution in [3.05, 3.63) is 101 Å². The van der Waals surface area contributed by atoms with Crippen LogP contribution in [-0.4, -0.2) is 38.3 Å². The van der Waals surface area contributed by atoms with Gasteiger partial charge in [0.05, 0.1) is 17.6 Å². The molecule has 0 radical (unpaired) electrons. The molecule has 34 heavy (non-hydrogen) atoms. The fourth-order valence-corrected chi connectivity index (χ4v) is 4.67. The Morgan fingerprint density at radius 3 is 2.47 bits per heavy atom. The predicted octanol–water partition coefficient (Wildman–Crippen LogP) is 4.46. The van der Waals surface area contributed by atoms with Gasteiger partial charge in [-0.15, -0.1) is 0 Å². The topological polar surface area (TPSA) is 67.2 Å². The minimum absolute atomic E-state index is 0.191. The normalized spacial score (nSPS) is 17.6. The van der Waals surface area contributed by atoms with Gasteiger partial charge in [0.2, 0.25) is 5.91 Å². The third-order valence-electron chi connectivity index (χ3n) is 6.48. The Bertz CT molecular complexity index is 1350. The molecule has 7 heteroatoms. The van der Waals surface area contributed by atoms with Crippen molar-refractivity contribution in [3.63, 3.8) is 0 Å². The number of para-hydroxylation sites is 2. The summed E-state index contributed by atoms with van der Waals surface area (Å²) in [5.41, 5.74) is 2.57. The van der Waals surface area contributed by atoms with Gasteiger partial charge in [-0.3, -0.25) is 9.59 Å². The fourth-order valence-electron chi connectivity index (χ4n) is 4.54. The molecule has 1 unspecified atom stereocenters. The highest BCUT2D eigenvalue weighted by Gasteiger charge is 2.48. The summed E-state index contributed by atoms with van der Waals surface area (Å²) in [4.78, 5) is 33.6. The lowest BCUT2D eigenvalue weighted by atomic mass is 9.94. The van der Waals surface area contributed by atoms with Crippen molar-refractivity contribution in [1.82, 2.24) is 19.8 Å². The van der Waals surface area contributed by atoms with Crippen LogP contribution in [0.5, 0.6) is 0 Å². The third kappa shape index (κ3) is 4.05. The summed E-state index contributed by atoms with van der Waals surface area (Å²) in [6.45, 7) is 2.95. The van der Waals surface area contributed by atoms with Gasteiger partial charge in [0.15, 0.2) is 5.82 Å². The van der Waals surface area contributed by atoms with Crippen LogP contribution in [0.1, 0.15) is 28.7 Å². The summed E-state index contributed by atoms with van der Waals surface area (Å²) in [6.07, 6.45) is 0.602. The van der Waals surface area contributed by atoms with Crippen molar-refractivity contribution in [1.29, 1.82) is 0 Å². The highest BCUT2D eigenvalue weighted by Crippen LogP contribution is 2.31. The number of carbonyl (C=O) groups excluding carboxylic acids is 2. The molecule has 172 valence electrons. The number of halogens is 1. The Kier molecular flexibility index (Phi) is 5.84. The summed E-state index contributed by atoms with van der Waals surface area (Å²) >= 11 is 6.02. The van der Waals surface area contributed by atoms with E-state index in [-0.39, 0.29) is 11.8 Å². The van der Waals surface area contributed by atoms with Crippen LogP contribution in [-0.2, 0) is 24.3 Å². The van der Waals surface area contributed by atoms with E-state index in [1.54, 1.807) is 4.90 Å². The number of amides is 2. The second kappa shape index (κ2) is 8.95. The van der Waals surface area contributed by atoms with E-state index in [2.05, 4.69) is 10.3 Å². The lowest BCUT2D eigenvalue weighted by Gasteiger charge is -2.43. The number of aromatic nitrogens is 2. The van der Waals surface area contributed by atoms with Gasteiger partial charge in [0, 0.05) is 18.1 Å². The van der Waals surface area contributed by atoms with Crippen LogP contribution in [0, 0.1) is 0 Å². The number of nitrogens with one attached hydrogen (secondary N) is 1. The van der Waals surface area contributed by atoms with E-state index in [1.165, 1.54) is 0 Å². The SMILES string of the molecule is CC1(C(=O)NCc2ccccc2)Cn2c(nc3ccccc32)C(=O)N1CCc1ccc(Cl)cc1. The molecule has 0 fully saturated rings. The number of benzene rings is 3. The molecule has 1 aliphatic rings. The van der Waals surface area contributed by atoms with E-state index in [9.17, 15) is 9.59 Å². The molecular weight excluding hydrogens is 448 g/mol. The molecular formula is C27H25ClN4O2. The van der Waals surface area contributed by atoms with Crippen molar-refractivity contribution in [2.75, 3.05) is 6.54 Å². The number of nitrogens with zero attached hydrogens (tertiary/aromatic N) is 3. The lowest BCUT2D eigenvalue weighted by molar-refractivity contribution is -0.133. The minimum atomic E-state index is -1.07. The Morgan fingerprint density at radius 2 is 1.71 bits per heavy atom. The first-order chi connectivity index (χ1) is 16.5. The second-order valence-electron chi connectivity index (χ2n) is 8.79. The summed E-state index contributed by atoms with van der Waals surface area (Å²) in [5, 5.41) is 3.72. The molecule has 2 heterocycles. The fraction of sp³-hybridized carbons (Fsp3) is 0.222. The van der Waals surface area contributed by atoms with E-state index in [0.29, 0.717) is 36.9 Å². The average molecular weight is 473 g/mol. The number of carbonyl (C=O) groups is 2. The zero-order chi connectivity index (χ0) is 23.7. The summed E-state index contributed by atoms with van der Waals surface area (Å²) < 4.78 is 1.87. The Morgan fingerprint density at radius 1 is 1.00 bits per heavy atom. The van der Waals surface area contributed by atoms with E-state index in [0.717, 1.165) is 22.2 Å². The third-order valence-corrected chi connectivity index (χ3v) is 6.73. The van der Waals surface area contributed by atoms with Gasteiger partial charge in [-0.2, -0.15) is 0 Å². The molecule has 1 N–H and O–H groups in total. The summed E-state index contributed by atoms with van der Waals surface area (Å²) in [7, 11) is 0. The molecule has 0 bridgehead atoms. The number of fused-ring (bicyclic) bond motifs is 3. The van der Waals surface area contributed by atoms with Crippen LogP contribution in [0.4, 0.5) is 0 Å². The molecule has 6 nitrogen and oxygen atoms in total. The van der Waals surface area contributed by atoms with E-state index in [4.69, 9.17) is 11.6 Å². The number of hydrogen-bond donors (Lipinski definition) is 1. The minimum Gasteiger partial charge on any atom is -0.350 e. The maximum absolute atomic E-state index is 13.7. The average Bonchev–Trinajstić information content (AvgIpc) is 3.22. The molecule has 0 saturated carbocycles. The Labute approximate surface area is 203 Å². The van der Waals surface area contributed by atoms with Gasteiger partial charge in [0.25, 0.3) is 5.91 Å². The molecule has 3 aromatic carbocycles. The zero-order valence-electron chi connectivity index (χ0n) is 18.9. The molecule has 4 aromatic rings. The molecule has 0 saturated heterocycles. The summed E-state index contributed by atoms with van der Waals surface area (Å²) in [6, 6.07) is 24.9. The molecule has 0 spiro atoms. The van der Waals surface area contributed by atoms with Crippen molar-refractivity contribution >= 4 is 34.4 Å². The number of hydrogen-bond acceptors (Lipinski definition) is 3. The first-order valence-electron chi connectivity index (χ1n) is 11.3. The Hall–Kier alpha value is -3.64. The lowest BCUT2D eigenvalue weighted by Crippen LogP contribution is -2.64. The van der Waals surface area contributed by atoms with Gasteiger partial charge in [-0.25, -0.2) is 4.98 Å². The molecule has 1 aliphatic heterocycles. The van der Waals surface area contributed by atoms with Crippen molar-refractivity contribution in [3.8, 4) is 0 Å². The molecule has 1 aromatic heterocycles. The number of imidazole rings is 1. The van der Waals surface area contributed by atoms with Crippen molar-refractivity contribution in [2.45, 2.75) is 32.0 Å². The summed E-state index contributed by atoms with van der Waals surface area (Å²) in [5.74, 6) is -0.0661. The second-order valence-corrected chi connectivity index (χ2v) is 9.22. The number of rotatable bonds is 6. The van der Waals surface area contributed by atoms with Crippen molar-refractivity contribution < 1.29 is 9.59 Å². The van der Waals surface area contributed by atoms with Gasteiger partial charge < -0.3 is 14.8 Å². The van der Waals surface area contributed by atoms with Crippen molar-refractivity contribution in [2.24, 2.45) is 0 Å². The van der Waals surface area contributed by atoms with Crippen LogP contribution in [0.3, 0.4) is 0 Å². The predicted molar refractivity (Wildman–Crippen MR) is 133 cm³/mol. The molecule has 2 amide bonds. The smallest absolute Gasteiger partial charge is 0.290 e. The van der Waals surface area contributed by atoms with Crippen LogP contribution in [0.25, 0.3) is 11.0 Å². The van der Waals surface area contributed by atoms with E-state index in [1.807, 2.05) is 90.4 Å². The van der Waals surface area contributed by atoms with Gasteiger partial charge in [-0.05, 0) is 48.7 Å². The maximum Gasteiger partial charge on any atom is 0.290 e. The first kappa shape index (κ1) is 22.2. The Balaban J connectivity index is 1.47. The van der Waals surface area contributed by atoms with Crippen LogP contribution in [0.15, 0.2) is 78.9 Å². The maximum atomic E-state index is 13.7. The molecule has 1 atom stereocenters. The van der Waals surface area contributed by atoms with E-state index < -0.39 is 5.54 Å². The first-order valence-corrected chi connectivity index (χ1v) is 11.7. The van der Waals surface area contributed by atoms with Crippen LogP contribution < -0.4 is 5.32 Å². The highest BCUT2D eigenvalue weighted by molar-refractivity contribution is 6.30. The quantitative estimate of drug-likeness (QED) is 0.450. The van der Waals surface area contributed by atoms with Crippen LogP contribution >= 0.6 is 11.6 Å². The standard InChI is InChI=1S/C27H25ClN4O2/c1-27(26(34)29-17-20-7-3-2-4-8-20)18-31-23-10-6-5-9-22(23)30-24(31)25(33)32(27)16-15-19-11-13-21(28)14-12-19/h2-14H,15-18H2,1H3,(H,29,34). The van der Waals surface area contributed by atoms with Gasteiger partial charge in [0.1, 0.15) is 5.54 Å². The van der Waals surface area contributed by atoms with E-state index >= 15 is 0 Å². The van der Waals surface area contributed by atoms with Crippen LogP contribution in [0.2, 0.25) is 5.02 Å². The van der Waals surface area contributed by atoms with Gasteiger partial charge in [-0.1, -0.05) is 66.2 Å². The van der Waals surface area contributed by atoms with Gasteiger partial charge >= 0.3 is 0 Å². The zero-order valence-corrected chi connectivity index (χ0v) is 19.6. The largest absolute Gasteiger partial charge is 0.350 e. The highest BCUT2D eigenvalue weighted by atomic mass is 35.5. The molecule has 5 rings (SSSR count). The monoisotopic (exact) mass is 472 g/mol. The molecule has 0 aliphatic carbocycles.